The van der Waals surface area contributed by atoms with Crippen LogP contribution in [0.25, 0.3) is 0 Å². The average Bonchev–Trinajstić information content (AvgIpc) is 3.15. The number of imide groups is 1. The Bertz CT molecular complexity index is 1330. The molecule has 0 saturated carbocycles. The van der Waals surface area contributed by atoms with E-state index in [2.05, 4.69) is 10.7 Å². The van der Waals surface area contributed by atoms with Crippen molar-refractivity contribution < 1.29 is 28.6 Å². The minimum Gasteiger partial charge on any atom is -0.493 e. The van der Waals surface area contributed by atoms with Crippen molar-refractivity contribution in [3.8, 4) is 17.2 Å². The largest absolute Gasteiger partial charge is 0.493 e. The number of nitrogens with zero attached hydrogens (tertiary/aromatic N) is 1. The van der Waals surface area contributed by atoms with E-state index in [1.165, 1.54) is 33.5 Å². The Balaban J connectivity index is 1.71. The molecule has 1 aliphatic rings. The molecular formula is C26H25N5O6. The topological polar surface area (TPSA) is 156 Å². The van der Waals surface area contributed by atoms with E-state index in [4.69, 9.17) is 25.4 Å². The van der Waals surface area contributed by atoms with Crippen LogP contribution >= 0.6 is 0 Å². The van der Waals surface area contributed by atoms with Crippen LogP contribution in [0.1, 0.15) is 37.9 Å². The molecule has 3 aromatic carbocycles. The molecule has 0 aliphatic carbocycles. The van der Waals surface area contributed by atoms with E-state index in [1.54, 1.807) is 48.5 Å². The van der Waals surface area contributed by atoms with Gasteiger partial charge in [0.05, 0.1) is 32.5 Å². The highest BCUT2D eigenvalue weighted by atomic mass is 16.5. The zero-order valence-corrected chi connectivity index (χ0v) is 20.3. The number of rotatable bonds is 9. The van der Waals surface area contributed by atoms with Gasteiger partial charge < -0.3 is 25.3 Å². The van der Waals surface area contributed by atoms with Gasteiger partial charge in [-0.25, -0.2) is 0 Å². The number of methoxy groups -OCH3 is 3. The molecule has 11 nitrogen and oxygen atoms in total. The maximum atomic E-state index is 13.6. The van der Waals surface area contributed by atoms with E-state index >= 15 is 0 Å². The van der Waals surface area contributed by atoms with Crippen molar-refractivity contribution >= 4 is 29.2 Å². The van der Waals surface area contributed by atoms with Crippen LogP contribution in [0, 0.1) is 5.41 Å². The number of amidine groups is 1. The highest BCUT2D eigenvalue weighted by Crippen LogP contribution is 2.40. The minimum atomic E-state index is -1.11. The lowest BCUT2D eigenvalue weighted by Gasteiger charge is -2.24. The molecule has 0 fully saturated rings. The Kier molecular flexibility index (Phi) is 6.96. The molecule has 1 heterocycles. The number of anilines is 1. The second kappa shape index (κ2) is 10.3. The molecule has 4 rings (SSSR count). The number of amides is 3. The Hall–Kier alpha value is -5.06. The van der Waals surface area contributed by atoms with Crippen LogP contribution in [0.3, 0.4) is 0 Å². The lowest BCUT2D eigenvalue weighted by atomic mass is 10.0. The van der Waals surface area contributed by atoms with Crippen LogP contribution in [0.2, 0.25) is 0 Å². The van der Waals surface area contributed by atoms with Gasteiger partial charge >= 0.3 is 0 Å². The number of nitrogens with one attached hydrogen (secondary N) is 3. The lowest BCUT2D eigenvalue weighted by Crippen LogP contribution is -2.48. The number of nitrogens with two attached hydrogens (primary N) is 1. The third-order valence-corrected chi connectivity index (χ3v) is 5.81. The molecule has 1 aliphatic heterocycles. The van der Waals surface area contributed by atoms with Gasteiger partial charge in [0.1, 0.15) is 11.9 Å². The van der Waals surface area contributed by atoms with Crippen LogP contribution in [0.5, 0.6) is 17.2 Å². The van der Waals surface area contributed by atoms with E-state index in [0.29, 0.717) is 39.1 Å². The minimum absolute atomic E-state index is 0.101. The molecule has 190 valence electrons. The van der Waals surface area contributed by atoms with Crippen molar-refractivity contribution in [3.63, 3.8) is 0 Å². The smallest absolute Gasteiger partial charge is 0.280 e. The molecule has 0 saturated heterocycles. The summed E-state index contributed by atoms with van der Waals surface area (Å²) in [5, 5.41) is 11.4. The number of benzene rings is 3. The first-order valence-electron chi connectivity index (χ1n) is 11.1. The monoisotopic (exact) mass is 503 g/mol. The highest BCUT2D eigenvalue weighted by molar-refractivity contribution is 6.21. The van der Waals surface area contributed by atoms with Crippen LogP contribution in [0.4, 0.5) is 5.69 Å². The summed E-state index contributed by atoms with van der Waals surface area (Å²) in [4.78, 5) is 39.2. The van der Waals surface area contributed by atoms with Gasteiger partial charge in [0.25, 0.3) is 17.7 Å². The van der Waals surface area contributed by atoms with Gasteiger partial charge in [0.15, 0.2) is 11.5 Å². The van der Waals surface area contributed by atoms with E-state index in [9.17, 15) is 14.4 Å². The fraction of sp³-hybridized carbons (Fsp3) is 0.154. The summed E-state index contributed by atoms with van der Waals surface area (Å²) in [7, 11) is 4.35. The number of ether oxygens (including phenoxy) is 3. The fourth-order valence-electron chi connectivity index (χ4n) is 3.95. The zero-order valence-electron chi connectivity index (χ0n) is 20.3. The Morgan fingerprint density at radius 1 is 0.892 bits per heavy atom. The third-order valence-electron chi connectivity index (χ3n) is 5.81. The molecule has 1 atom stereocenters. The average molecular weight is 504 g/mol. The zero-order chi connectivity index (χ0) is 26.7. The van der Waals surface area contributed by atoms with Gasteiger partial charge in [-0.3, -0.25) is 25.2 Å². The first-order valence-corrected chi connectivity index (χ1v) is 11.1. The van der Waals surface area contributed by atoms with Crippen molar-refractivity contribution in [1.29, 1.82) is 5.41 Å². The SMILES string of the molecule is COc1cc(C(Nc2ccc(C(=N)N)cc2)C(=O)NN2C(=O)c3ccccc3C2=O)cc(OC)c1OC. The third kappa shape index (κ3) is 4.74. The Morgan fingerprint density at radius 3 is 1.89 bits per heavy atom. The van der Waals surface area contributed by atoms with Crippen LogP contribution < -0.4 is 30.7 Å². The molecule has 0 radical (unpaired) electrons. The number of hydrogen-bond donors (Lipinski definition) is 4. The first kappa shape index (κ1) is 25.0. The molecule has 3 amide bonds. The van der Waals surface area contributed by atoms with Crippen LogP contribution in [0.15, 0.2) is 60.7 Å². The Labute approximate surface area is 212 Å². The second-order valence-corrected chi connectivity index (χ2v) is 7.99. The number of fused-ring (bicyclic) bond motifs is 1. The maximum Gasteiger partial charge on any atom is 0.280 e. The van der Waals surface area contributed by atoms with E-state index in [-0.39, 0.29) is 17.0 Å². The van der Waals surface area contributed by atoms with Crippen molar-refractivity contribution in [2.75, 3.05) is 26.6 Å². The first-order chi connectivity index (χ1) is 17.8. The highest BCUT2D eigenvalue weighted by Gasteiger charge is 2.38. The summed E-state index contributed by atoms with van der Waals surface area (Å²) in [5.74, 6) is -1.12. The van der Waals surface area contributed by atoms with Gasteiger partial charge in [0, 0.05) is 11.3 Å². The molecule has 11 heteroatoms. The molecule has 0 aromatic heterocycles. The predicted octanol–water partition coefficient (Wildman–Crippen LogP) is 2.48. The fourth-order valence-corrected chi connectivity index (χ4v) is 3.95. The van der Waals surface area contributed by atoms with Gasteiger partial charge in [-0.1, -0.05) is 12.1 Å². The number of hydrazine groups is 1. The molecule has 1 unspecified atom stereocenters. The van der Waals surface area contributed by atoms with Gasteiger partial charge in [-0.05, 0) is 54.1 Å². The number of nitrogen functional groups attached to an aromatic ring is 1. The van der Waals surface area contributed by atoms with E-state index in [1.807, 2.05) is 0 Å². The van der Waals surface area contributed by atoms with Crippen molar-refractivity contribution in [1.82, 2.24) is 10.4 Å². The second-order valence-electron chi connectivity index (χ2n) is 7.99. The summed E-state index contributed by atoms with van der Waals surface area (Å²) in [6.45, 7) is 0. The maximum absolute atomic E-state index is 13.6. The van der Waals surface area contributed by atoms with Crippen molar-refractivity contribution in [3.05, 3.63) is 82.9 Å². The van der Waals surface area contributed by atoms with Gasteiger partial charge in [0.2, 0.25) is 5.75 Å². The normalized spacial score (nSPS) is 13.0. The summed E-state index contributed by atoms with van der Waals surface area (Å²) in [6, 6.07) is 14.9. The summed E-state index contributed by atoms with van der Waals surface area (Å²) in [6.07, 6.45) is 0. The summed E-state index contributed by atoms with van der Waals surface area (Å²) >= 11 is 0. The molecule has 0 spiro atoms. The van der Waals surface area contributed by atoms with E-state index in [0.717, 1.165) is 0 Å². The summed E-state index contributed by atoms with van der Waals surface area (Å²) in [5.41, 5.74) is 9.80. The quantitative estimate of drug-likeness (QED) is 0.197. The molecule has 5 N–H and O–H groups in total. The van der Waals surface area contributed by atoms with Gasteiger partial charge in [-0.15, -0.1) is 0 Å². The number of carbonyl (C=O) groups is 3. The van der Waals surface area contributed by atoms with Crippen molar-refractivity contribution in [2.45, 2.75) is 6.04 Å². The molecule has 37 heavy (non-hydrogen) atoms. The van der Waals surface area contributed by atoms with Crippen LogP contribution in [-0.4, -0.2) is 49.9 Å². The van der Waals surface area contributed by atoms with E-state index < -0.39 is 23.8 Å². The van der Waals surface area contributed by atoms with Gasteiger partial charge in [-0.2, -0.15) is 5.01 Å². The van der Waals surface area contributed by atoms with Crippen molar-refractivity contribution in [2.24, 2.45) is 5.73 Å². The number of carbonyl (C=O) groups excluding carboxylic acids is 3. The summed E-state index contributed by atoms with van der Waals surface area (Å²) < 4.78 is 16.2. The molecule has 3 aromatic rings. The molecule has 0 bridgehead atoms. The Morgan fingerprint density at radius 2 is 1.43 bits per heavy atom. The lowest BCUT2D eigenvalue weighted by molar-refractivity contribution is -0.125. The van der Waals surface area contributed by atoms with Crippen LogP contribution in [-0.2, 0) is 4.79 Å². The standard InChI is InChI=1S/C26H25N5O6/c1-35-19-12-15(13-20(36-2)22(19)37-3)21(29-16-10-8-14(9-11-16)23(27)28)24(32)30-31-25(33)17-6-4-5-7-18(17)26(31)34/h4-13,21,29H,1-3H3,(H3,27,28)(H,30,32). The predicted molar refractivity (Wildman–Crippen MR) is 135 cm³/mol. The molecular weight excluding hydrogens is 478 g/mol. The number of hydrogen-bond acceptors (Lipinski definition) is 8.